The Morgan fingerprint density at radius 2 is 2.00 bits per heavy atom. The molecule has 0 bridgehead atoms. The number of nitrogens with zero attached hydrogens (tertiary/aromatic N) is 3. The van der Waals surface area contributed by atoms with Gasteiger partial charge in [-0.2, -0.15) is 0 Å². The molecule has 1 aromatic carbocycles. The molecule has 2 N–H and O–H groups in total. The average Bonchev–Trinajstić information content (AvgIpc) is 3.01. The van der Waals surface area contributed by atoms with Crippen molar-refractivity contribution >= 4 is 23.4 Å². The van der Waals surface area contributed by atoms with Gasteiger partial charge in [0, 0.05) is 17.8 Å². The summed E-state index contributed by atoms with van der Waals surface area (Å²) in [7, 11) is 0. The number of nitrogens with one attached hydrogen (secondary N) is 2. The molecule has 3 rings (SSSR count). The fraction of sp³-hybridized carbons (Fsp3) is 0.294. The third kappa shape index (κ3) is 3.90. The molecule has 2 heterocycles. The predicted molar refractivity (Wildman–Crippen MR) is 97.0 cm³/mol. The molecule has 2 aromatic heterocycles. The summed E-state index contributed by atoms with van der Waals surface area (Å²) < 4.78 is 1.76. The van der Waals surface area contributed by atoms with Gasteiger partial charge in [-0.3, -0.25) is 19.0 Å². The molecular formula is C17H19N5O2S. The smallest absolute Gasteiger partial charge is 0.255 e. The molecule has 7 nitrogen and oxygen atoms in total. The minimum absolute atomic E-state index is 0.0588. The highest BCUT2D eigenvalue weighted by atomic mass is 32.2. The highest BCUT2D eigenvalue weighted by Gasteiger charge is 2.13. The first-order chi connectivity index (χ1) is 12.1. The summed E-state index contributed by atoms with van der Waals surface area (Å²) in [4.78, 5) is 26.5. The van der Waals surface area contributed by atoms with Crippen molar-refractivity contribution in [3.8, 4) is 0 Å². The Hall–Kier alpha value is -2.61. The first-order valence-corrected chi connectivity index (χ1v) is 8.93. The number of benzene rings is 1. The summed E-state index contributed by atoms with van der Waals surface area (Å²) in [6, 6.07) is 10.0. The van der Waals surface area contributed by atoms with E-state index in [0.29, 0.717) is 23.0 Å². The van der Waals surface area contributed by atoms with Gasteiger partial charge in [-0.15, -0.1) is 10.2 Å². The Balaban J connectivity index is 1.58. The highest BCUT2D eigenvalue weighted by Crippen LogP contribution is 2.17. The summed E-state index contributed by atoms with van der Waals surface area (Å²) in [5.41, 5.74) is 2.40. The number of carbonyl (C=O) groups excluding carboxylic acids is 1. The van der Waals surface area contributed by atoms with Crippen LogP contribution >= 0.6 is 11.8 Å². The molecule has 0 atom stereocenters. The van der Waals surface area contributed by atoms with Crippen molar-refractivity contribution < 1.29 is 4.79 Å². The minimum atomic E-state index is -0.174. The largest absolute Gasteiger partial charge is 0.355 e. The molecule has 8 heteroatoms. The Bertz CT molecular complexity index is 949. The van der Waals surface area contributed by atoms with Gasteiger partial charge in [0.1, 0.15) is 0 Å². The third-order valence-corrected chi connectivity index (χ3v) is 4.92. The van der Waals surface area contributed by atoms with Gasteiger partial charge in [0.15, 0.2) is 5.16 Å². The van der Waals surface area contributed by atoms with Crippen LogP contribution < -0.4 is 10.9 Å². The number of hydrogen-bond acceptors (Lipinski definition) is 5. The number of aromatic nitrogens is 4. The quantitative estimate of drug-likeness (QED) is 0.652. The first-order valence-electron chi connectivity index (χ1n) is 7.94. The molecule has 0 aliphatic heterocycles. The molecule has 0 saturated heterocycles. The number of aryl methyl sites for hydroxylation is 1. The van der Waals surface area contributed by atoms with Gasteiger partial charge in [-0.25, -0.2) is 0 Å². The monoisotopic (exact) mass is 357 g/mol. The van der Waals surface area contributed by atoms with E-state index in [4.69, 9.17) is 0 Å². The number of carbonyl (C=O) groups is 1. The highest BCUT2D eigenvalue weighted by molar-refractivity contribution is 7.99. The van der Waals surface area contributed by atoms with Gasteiger partial charge >= 0.3 is 0 Å². The molecule has 0 unspecified atom stereocenters. The first kappa shape index (κ1) is 17.2. The van der Waals surface area contributed by atoms with Crippen molar-refractivity contribution in [3.63, 3.8) is 0 Å². The summed E-state index contributed by atoms with van der Waals surface area (Å²) in [5.74, 6) is 0.573. The fourth-order valence-electron chi connectivity index (χ4n) is 2.45. The summed E-state index contributed by atoms with van der Waals surface area (Å²) in [6.45, 7) is 4.18. The Morgan fingerprint density at radius 1 is 1.24 bits per heavy atom. The maximum absolute atomic E-state index is 12.0. The standard InChI is InChI=1S/C17H19N5O2S/c1-11-12(2)22-16(19-15(11)24)20-21-17(22)25-10-14(23)18-9-8-13-6-4-3-5-7-13/h3-7H,8-10H2,1-2H3,(H,18,23)(H,19,20,24). The molecule has 0 radical (unpaired) electrons. The van der Waals surface area contributed by atoms with E-state index in [1.54, 1.807) is 11.3 Å². The minimum Gasteiger partial charge on any atom is -0.355 e. The molecular weight excluding hydrogens is 338 g/mol. The fourth-order valence-corrected chi connectivity index (χ4v) is 3.26. The van der Waals surface area contributed by atoms with Gasteiger partial charge in [0.2, 0.25) is 11.7 Å². The van der Waals surface area contributed by atoms with Crippen LogP contribution in [0.15, 0.2) is 40.3 Å². The average molecular weight is 357 g/mol. The van der Waals surface area contributed by atoms with E-state index in [0.717, 1.165) is 12.1 Å². The van der Waals surface area contributed by atoms with Crippen LogP contribution in [0.1, 0.15) is 16.8 Å². The van der Waals surface area contributed by atoms with E-state index in [9.17, 15) is 9.59 Å². The second-order valence-electron chi connectivity index (χ2n) is 5.68. The molecule has 0 spiro atoms. The maximum Gasteiger partial charge on any atom is 0.255 e. The lowest BCUT2D eigenvalue weighted by atomic mass is 10.1. The Morgan fingerprint density at radius 3 is 2.76 bits per heavy atom. The van der Waals surface area contributed by atoms with Gasteiger partial charge < -0.3 is 5.32 Å². The lowest BCUT2D eigenvalue weighted by Gasteiger charge is -2.06. The van der Waals surface area contributed by atoms with Crippen molar-refractivity contribution in [2.24, 2.45) is 0 Å². The summed E-state index contributed by atoms with van der Waals surface area (Å²) in [5, 5.41) is 11.5. The Labute approximate surface area is 148 Å². The van der Waals surface area contributed by atoms with E-state index in [2.05, 4.69) is 20.5 Å². The van der Waals surface area contributed by atoms with Crippen molar-refractivity contribution in [3.05, 3.63) is 57.5 Å². The van der Waals surface area contributed by atoms with Gasteiger partial charge in [-0.1, -0.05) is 42.1 Å². The zero-order valence-electron chi connectivity index (χ0n) is 14.1. The molecule has 3 aromatic rings. The summed E-state index contributed by atoms with van der Waals surface area (Å²) >= 11 is 1.29. The SMILES string of the molecule is Cc1c(C)n2c(SCC(=O)NCCc3ccccc3)nnc2[nH]c1=O. The second-order valence-corrected chi connectivity index (χ2v) is 6.62. The van der Waals surface area contributed by atoms with E-state index < -0.39 is 0 Å². The predicted octanol–water partition coefficient (Wildman–Crippen LogP) is 1.49. The second kappa shape index (κ2) is 7.52. The maximum atomic E-state index is 12.0. The van der Waals surface area contributed by atoms with E-state index in [-0.39, 0.29) is 17.2 Å². The Kier molecular flexibility index (Phi) is 5.18. The van der Waals surface area contributed by atoms with E-state index in [1.807, 2.05) is 37.3 Å². The van der Waals surface area contributed by atoms with Crippen LogP contribution in [0.25, 0.3) is 5.78 Å². The van der Waals surface area contributed by atoms with Crippen LogP contribution in [-0.4, -0.2) is 37.8 Å². The normalized spacial score (nSPS) is 11.0. The van der Waals surface area contributed by atoms with Crippen molar-refractivity contribution in [2.45, 2.75) is 25.4 Å². The van der Waals surface area contributed by atoms with Gasteiger partial charge in [-0.05, 0) is 25.8 Å². The van der Waals surface area contributed by atoms with Crippen molar-refractivity contribution in [2.75, 3.05) is 12.3 Å². The lowest BCUT2D eigenvalue weighted by Crippen LogP contribution is -2.27. The zero-order chi connectivity index (χ0) is 17.8. The van der Waals surface area contributed by atoms with Crippen LogP contribution in [0.3, 0.4) is 0 Å². The molecule has 0 aliphatic rings. The van der Waals surface area contributed by atoms with Crippen LogP contribution in [0.4, 0.5) is 0 Å². The molecule has 25 heavy (non-hydrogen) atoms. The number of hydrogen-bond donors (Lipinski definition) is 2. The molecule has 0 aliphatic carbocycles. The summed E-state index contributed by atoms with van der Waals surface area (Å²) in [6.07, 6.45) is 0.796. The number of aromatic amines is 1. The van der Waals surface area contributed by atoms with Crippen LogP contribution in [0.5, 0.6) is 0 Å². The van der Waals surface area contributed by atoms with Crippen molar-refractivity contribution in [1.29, 1.82) is 0 Å². The number of fused-ring (bicyclic) bond motifs is 1. The van der Waals surface area contributed by atoms with E-state index >= 15 is 0 Å². The molecule has 130 valence electrons. The van der Waals surface area contributed by atoms with Crippen LogP contribution in [0, 0.1) is 13.8 Å². The van der Waals surface area contributed by atoms with Crippen LogP contribution in [0.2, 0.25) is 0 Å². The van der Waals surface area contributed by atoms with Gasteiger partial charge in [0.25, 0.3) is 5.56 Å². The third-order valence-electron chi connectivity index (χ3n) is 3.99. The molecule has 0 fully saturated rings. The number of H-pyrrole nitrogens is 1. The van der Waals surface area contributed by atoms with Crippen molar-refractivity contribution in [1.82, 2.24) is 24.9 Å². The zero-order valence-corrected chi connectivity index (χ0v) is 14.9. The van der Waals surface area contributed by atoms with E-state index in [1.165, 1.54) is 17.3 Å². The number of amides is 1. The van der Waals surface area contributed by atoms with Gasteiger partial charge in [0.05, 0.1) is 5.75 Å². The number of rotatable bonds is 6. The molecule has 1 amide bonds. The number of thioether (sulfide) groups is 1. The topological polar surface area (TPSA) is 92.2 Å². The van der Waals surface area contributed by atoms with Crippen LogP contribution in [-0.2, 0) is 11.2 Å². The lowest BCUT2D eigenvalue weighted by molar-refractivity contribution is -0.118. The molecule has 0 saturated carbocycles.